The first kappa shape index (κ1) is 17.2. The minimum atomic E-state index is 0.196. The fourth-order valence-electron chi connectivity index (χ4n) is 2.27. The van der Waals surface area contributed by atoms with Crippen LogP contribution in [-0.4, -0.2) is 6.54 Å². The van der Waals surface area contributed by atoms with Crippen LogP contribution in [-0.2, 0) is 5.41 Å². The van der Waals surface area contributed by atoms with E-state index >= 15 is 0 Å². The van der Waals surface area contributed by atoms with Gasteiger partial charge in [0.05, 0.1) is 9.83 Å². The molecule has 1 N–H and O–H groups in total. The maximum Gasteiger partial charge on any atom is 0.0843 e. The molecule has 0 aliphatic rings. The summed E-state index contributed by atoms with van der Waals surface area (Å²) < 4.78 is 2.27. The molecule has 0 amide bonds. The topological polar surface area (TPSA) is 12.0 Å². The molecule has 0 aliphatic heterocycles. The molecule has 0 fully saturated rings. The summed E-state index contributed by atoms with van der Waals surface area (Å²) >= 11 is 8.95. The molecule has 0 spiro atoms. The summed E-state index contributed by atoms with van der Waals surface area (Å²) in [6.45, 7) is 9.83. The minimum absolute atomic E-state index is 0.196. The molecule has 0 radical (unpaired) electrons. The van der Waals surface area contributed by atoms with Gasteiger partial charge in [-0.2, -0.15) is 0 Å². The fraction of sp³-hybridized carbons (Fsp3) is 0.412. The number of thiophene rings is 1. The number of benzene rings is 1. The van der Waals surface area contributed by atoms with Gasteiger partial charge in [-0.25, -0.2) is 0 Å². The quantitative estimate of drug-likeness (QED) is 0.602. The largest absolute Gasteiger partial charge is 0.306 e. The van der Waals surface area contributed by atoms with E-state index in [0.717, 1.165) is 14.8 Å². The first-order chi connectivity index (χ1) is 9.82. The van der Waals surface area contributed by atoms with E-state index in [0.29, 0.717) is 0 Å². The van der Waals surface area contributed by atoms with Crippen molar-refractivity contribution in [2.45, 2.75) is 39.2 Å². The van der Waals surface area contributed by atoms with Gasteiger partial charge in [-0.15, -0.1) is 11.3 Å². The summed E-state index contributed by atoms with van der Waals surface area (Å²) in [5.74, 6) is 0. The van der Waals surface area contributed by atoms with Crippen molar-refractivity contribution >= 4 is 43.2 Å². The Bertz CT molecular complexity index is 577. The van der Waals surface area contributed by atoms with Crippen LogP contribution in [0, 0.1) is 0 Å². The van der Waals surface area contributed by atoms with E-state index in [-0.39, 0.29) is 11.5 Å². The van der Waals surface area contributed by atoms with Gasteiger partial charge >= 0.3 is 0 Å². The molecule has 2 rings (SSSR count). The third kappa shape index (κ3) is 4.19. The van der Waals surface area contributed by atoms with Crippen LogP contribution in [0.5, 0.6) is 0 Å². The van der Waals surface area contributed by atoms with Crippen molar-refractivity contribution in [3.8, 4) is 0 Å². The zero-order chi connectivity index (χ0) is 15.6. The van der Waals surface area contributed by atoms with Crippen LogP contribution in [0.1, 0.15) is 49.7 Å². The van der Waals surface area contributed by atoms with Gasteiger partial charge in [-0.05, 0) is 61.0 Å². The zero-order valence-corrected chi connectivity index (χ0v) is 16.8. The Kier molecular flexibility index (Phi) is 5.69. The van der Waals surface area contributed by atoms with Gasteiger partial charge in [0.15, 0.2) is 0 Å². The first-order valence-electron chi connectivity index (χ1n) is 7.11. The molecular formula is C17H21Br2NS. The molecular weight excluding hydrogens is 410 g/mol. The van der Waals surface area contributed by atoms with Gasteiger partial charge in [0, 0.05) is 9.35 Å². The Morgan fingerprint density at radius 3 is 2.19 bits per heavy atom. The van der Waals surface area contributed by atoms with Gasteiger partial charge in [-0.3, -0.25) is 0 Å². The minimum Gasteiger partial charge on any atom is -0.306 e. The lowest BCUT2D eigenvalue weighted by molar-refractivity contribution is 0.588. The second-order valence-electron chi connectivity index (χ2n) is 6.13. The van der Waals surface area contributed by atoms with Crippen molar-refractivity contribution in [1.82, 2.24) is 5.32 Å². The van der Waals surface area contributed by atoms with Gasteiger partial charge in [0.2, 0.25) is 0 Å². The highest BCUT2D eigenvalue weighted by atomic mass is 79.9. The SMILES string of the molecule is CCNC(c1ccc(C(C)(C)C)cc1)c1cc(Br)c(Br)s1. The van der Waals surface area contributed by atoms with Gasteiger partial charge < -0.3 is 5.32 Å². The van der Waals surface area contributed by atoms with E-state index in [1.54, 1.807) is 11.3 Å². The Morgan fingerprint density at radius 2 is 1.76 bits per heavy atom. The molecule has 2 aromatic rings. The Morgan fingerprint density at radius 1 is 1.14 bits per heavy atom. The third-order valence-corrected chi connectivity index (χ3v) is 6.79. The number of rotatable bonds is 4. The van der Waals surface area contributed by atoms with Crippen molar-refractivity contribution in [2.75, 3.05) is 6.54 Å². The molecule has 1 unspecified atom stereocenters. The molecule has 0 saturated heterocycles. The van der Waals surface area contributed by atoms with Crippen molar-refractivity contribution in [3.05, 3.63) is 54.6 Å². The molecule has 0 aliphatic carbocycles. The van der Waals surface area contributed by atoms with Crippen LogP contribution in [0.3, 0.4) is 0 Å². The highest BCUT2D eigenvalue weighted by molar-refractivity contribution is 9.13. The second-order valence-corrected chi connectivity index (χ2v) is 9.39. The maximum atomic E-state index is 3.59. The highest BCUT2D eigenvalue weighted by Crippen LogP contribution is 2.38. The number of nitrogens with one attached hydrogen (secondary N) is 1. The van der Waals surface area contributed by atoms with Gasteiger partial charge in [0.25, 0.3) is 0 Å². The molecule has 21 heavy (non-hydrogen) atoms. The van der Waals surface area contributed by atoms with E-state index in [1.807, 2.05) is 0 Å². The zero-order valence-electron chi connectivity index (χ0n) is 12.8. The normalized spacial score (nSPS) is 13.4. The maximum absolute atomic E-state index is 3.59. The van der Waals surface area contributed by atoms with Crippen molar-refractivity contribution in [1.29, 1.82) is 0 Å². The fourth-order valence-corrected chi connectivity index (χ4v) is 4.46. The first-order valence-corrected chi connectivity index (χ1v) is 9.51. The van der Waals surface area contributed by atoms with E-state index in [9.17, 15) is 0 Å². The van der Waals surface area contributed by atoms with E-state index in [4.69, 9.17) is 0 Å². The Labute approximate surface area is 148 Å². The molecule has 1 nitrogen and oxygen atoms in total. The van der Waals surface area contributed by atoms with E-state index in [1.165, 1.54) is 16.0 Å². The van der Waals surface area contributed by atoms with E-state index in [2.05, 4.69) is 95.2 Å². The summed E-state index contributed by atoms with van der Waals surface area (Å²) in [5.41, 5.74) is 2.88. The number of hydrogen-bond donors (Lipinski definition) is 1. The predicted octanol–water partition coefficient (Wildman–Crippen LogP) is 6.27. The van der Waals surface area contributed by atoms with Crippen LogP contribution in [0.15, 0.2) is 38.6 Å². The monoisotopic (exact) mass is 429 g/mol. The van der Waals surface area contributed by atoms with Crippen molar-refractivity contribution in [2.24, 2.45) is 0 Å². The van der Waals surface area contributed by atoms with Gasteiger partial charge in [0.1, 0.15) is 0 Å². The standard InChI is InChI=1S/C17H21Br2NS/c1-5-20-15(14-10-13(18)16(19)21-14)11-6-8-12(9-7-11)17(2,3)4/h6-10,15,20H,5H2,1-4H3. The smallest absolute Gasteiger partial charge is 0.0843 e. The molecule has 1 atom stereocenters. The van der Waals surface area contributed by atoms with Crippen molar-refractivity contribution < 1.29 is 0 Å². The summed E-state index contributed by atoms with van der Waals surface area (Å²) in [6.07, 6.45) is 0. The lowest BCUT2D eigenvalue weighted by Crippen LogP contribution is -2.21. The molecule has 1 aromatic heterocycles. The Balaban J connectivity index is 2.34. The summed E-state index contributed by atoms with van der Waals surface area (Å²) in [5, 5.41) is 3.58. The molecule has 0 saturated carbocycles. The lowest BCUT2D eigenvalue weighted by Gasteiger charge is -2.21. The van der Waals surface area contributed by atoms with Crippen LogP contribution >= 0.6 is 43.2 Å². The number of hydrogen-bond acceptors (Lipinski definition) is 2. The van der Waals surface area contributed by atoms with Crippen LogP contribution in [0.2, 0.25) is 0 Å². The van der Waals surface area contributed by atoms with Crippen LogP contribution in [0.4, 0.5) is 0 Å². The average Bonchev–Trinajstić information content (AvgIpc) is 2.75. The van der Waals surface area contributed by atoms with Crippen molar-refractivity contribution in [3.63, 3.8) is 0 Å². The number of halogens is 2. The molecule has 114 valence electrons. The summed E-state index contributed by atoms with van der Waals surface area (Å²) in [6, 6.07) is 11.4. The van der Waals surface area contributed by atoms with Gasteiger partial charge in [-0.1, -0.05) is 52.0 Å². The third-order valence-electron chi connectivity index (χ3n) is 3.47. The average molecular weight is 431 g/mol. The van der Waals surface area contributed by atoms with Crippen LogP contribution in [0.25, 0.3) is 0 Å². The predicted molar refractivity (Wildman–Crippen MR) is 100 cm³/mol. The second kappa shape index (κ2) is 6.95. The molecule has 1 heterocycles. The summed E-state index contributed by atoms with van der Waals surface area (Å²) in [7, 11) is 0. The highest BCUT2D eigenvalue weighted by Gasteiger charge is 2.19. The van der Waals surface area contributed by atoms with E-state index < -0.39 is 0 Å². The lowest BCUT2D eigenvalue weighted by atomic mass is 9.86. The molecule has 0 bridgehead atoms. The molecule has 4 heteroatoms. The summed E-state index contributed by atoms with van der Waals surface area (Å²) in [4.78, 5) is 1.32. The van der Waals surface area contributed by atoms with Crippen LogP contribution < -0.4 is 5.32 Å². The Hall–Kier alpha value is -0.160. The molecule has 1 aromatic carbocycles.